The molecule has 0 bridgehead atoms. The van der Waals surface area contributed by atoms with Gasteiger partial charge in [0.15, 0.2) is 0 Å². The number of fused-ring (bicyclic) bond motifs is 6. The average molecular weight is 846 g/mol. The van der Waals surface area contributed by atoms with E-state index in [-0.39, 0.29) is 0 Å². The van der Waals surface area contributed by atoms with Gasteiger partial charge in [-0.2, -0.15) is 0 Å². The van der Waals surface area contributed by atoms with Crippen LogP contribution in [-0.4, -0.2) is 14.1 Å². The summed E-state index contributed by atoms with van der Waals surface area (Å²) in [5.74, 6) is 0. The van der Waals surface area contributed by atoms with Crippen LogP contribution >= 0.6 is 0 Å². The maximum absolute atomic E-state index is 5.40. The van der Waals surface area contributed by atoms with Gasteiger partial charge in [-0.15, -0.1) is 0 Å². The lowest BCUT2D eigenvalue weighted by molar-refractivity contribution is 1.14. The van der Waals surface area contributed by atoms with Gasteiger partial charge in [-0.3, -0.25) is 0 Å². The Bertz CT molecular complexity index is 3710. The quantitative estimate of drug-likeness (QED) is 0.157. The van der Waals surface area contributed by atoms with Crippen LogP contribution in [0.5, 0.6) is 0 Å². The van der Waals surface area contributed by atoms with Crippen LogP contribution in [0.25, 0.3) is 111 Å². The van der Waals surface area contributed by atoms with Gasteiger partial charge in [0.2, 0.25) is 0 Å². The second-order valence-corrected chi connectivity index (χ2v) is 18.0. The number of nitrogens with zero attached hydrogens (tertiary/aromatic N) is 3. The Labute approximate surface area is 385 Å². The maximum Gasteiger partial charge on any atom is 0.0715 e. The third-order valence-electron chi connectivity index (χ3n) is 13.3. The van der Waals surface area contributed by atoms with Crippen LogP contribution in [-0.2, 0) is 0 Å². The van der Waals surface area contributed by atoms with Crippen molar-refractivity contribution in [2.24, 2.45) is 0 Å². The molecule has 0 spiro atoms. The summed E-state index contributed by atoms with van der Waals surface area (Å²) in [6.45, 7) is 8.74. The zero-order valence-electron chi connectivity index (χ0n) is 37.5. The van der Waals surface area contributed by atoms with E-state index in [2.05, 4.69) is 249 Å². The lowest BCUT2D eigenvalue weighted by Crippen LogP contribution is -2.01. The Balaban J connectivity index is 1.08. The van der Waals surface area contributed by atoms with Crippen LogP contribution in [0.4, 0.5) is 0 Å². The lowest BCUT2D eigenvalue weighted by Gasteiger charge is -2.18. The number of aromatic nitrogens is 3. The first kappa shape index (κ1) is 39.3. The minimum Gasteiger partial charge on any atom is -0.309 e. The number of pyridine rings is 1. The van der Waals surface area contributed by atoms with Gasteiger partial charge >= 0.3 is 0 Å². The molecule has 3 heteroatoms. The highest BCUT2D eigenvalue weighted by atomic mass is 15.0. The summed E-state index contributed by atoms with van der Waals surface area (Å²) >= 11 is 0. The topological polar surface area (TPSA) is 22.8 Å². The minimum absolute atomic E-state index is 0.925. The van der Waals surface area contributed by atoms with Crippen molar-refractivity contribution in [3.63, 3.8) is 0 Å². The highest BCUT2D eigenvalue weighted by molar-refractivity contribution is 6.11. The molecule has 0 radical (unpaired) electrons. The molecule has 0 fully saturated rings. The standard InChI is InChI=1S/C63H47N3/c1-40-18-27-60-53(32-40)54-33-41(2)19-28-61(54)65(60)51-26-31-59(66-62-29-20-42(3)34-55(62)56-35-43(4)21-30-63(56)66)52(39-51)48-16-11-17-49(36-48)58-38-50(37-57(64-58)47-14-9-6-10-15-47)46-24-22-45(23-25-46)44-12-7-5-8-13-44/h5-39H,1-4H3. The van der Waals surface area contributed by atoms with Crippen LogP contribution in [0.2, 0.25) is 0 Å². The summed E-state index contributed by atoms with van der Waals surface area (Å²) < 4.78 is 4.92. The number of aryl methyl sites for hydroxylation is 4. The fourth-order valence-electron chi connectivity index (χ4n) is 10.1. The number of rotatable bonds is 7. The Morgan fingerprint density at radius 1 is 0.288 bits per heavy atom. The van der Waals surface area contributed by atoms with Gasteiger partial charge in [-0.05, 0) is 140 Å². The molecule has 0 saturated carbocycles. The Hall–Kier alpha value is -8.27. The van der Waals surface area contributed by atoms with Crippen LogP contribution < -0.4 is 0 Å². The van der Waals surface area contributed by atoms with E-state index in [0.29, 0.717) is 0 Å². The summed E-state index contributed by atoms with van der Waals surface area (Å²) in [5.41, 5.74) is 23.0. The van der Waals surface area contributed by atoms with E-state index in [1.807, 2.05) is 0 Å². The highest BCUT2D eigenvalue weighted by Crippen LogP contribution is 2.41. The van der Waals surface area contributed by atoms with Gasteiger partial charge in [0.1, 0.15) is 0 Å². The van der Waals surface area contributed by atoms with Gasteiger partial charge in [0, 0.05) is 43.9 Å². The van der Waals surface area contributed by atoms with Crippen molar-refractivity contribution < 1.29 is 0 Å². The summed E-state index contributed by atoms with van der Waals surface area (Å²) in [4.78, 5) is 5.40. The third kappa shape index (κ3) is 6.80. The van der Waals surface area contributed by atoms with Crippen LogP contribution in [0.3, 0.4) is 0 Å². The van der Waals surface area contributed by atoms with Crippen molar-refractivity contribution in [1.29, 1.82) is 0 Å². The van der Waals surface area contributed by atoms with Crippen LogP contribution in [0, 0.1) is 27.7 Å². The van der Waals surface area contributed by atoms with E-state index in [1.165, 1.54) is 77.0 Å². The summed E-state index contributed by atoms with van der Waals surface area (Å²) in [6.07, 6.45) is 0. The lowest BCUT2D eigenvalue weighted by atomic mass is 9.96. The molecule has 314 valence electrons. The molecule has 0 aliphatic carbocycles. The van der Waals surface area contributed by atoms with Gasteiger partial charge in [-0.25, -0.2) is 4.98 Å². The smallest absolute Gasteiger partial charge is 0.0715 e. The molecule has 12 rings (SSSR count). The fourth-order valence-corrected chi connectivity index (χ4v) is 10.1. The molecule has 3 nitrogen and oxygen atoms in total. The molecule has 3 aromatic heterocycles. The predicted octanol–water partition coefficient (Wildman–Crippen LogP) is 16.8. The molecule has 0 unspecified atom stereocenters. The van der Waals surface area contributed by atoms with Crippen LogP contribution in [0.1, 0.15) is 22.3 Å². The Morgan fingerprint density at radius 3 is 1.24 bits per heavy atom. The fraction of sp³-hybridized carbons (Fsp3) is 0.0635. The van der Waals surface area contributed by atoms with Gasteiger partial charge < -0.3 is 9.13 Å². The van der Waals surface area contributed by atoms with Crippen molar-refractivity contribution >= 4 is 43.6 Å². The van der Waals surface area contributed by atoms with E-state index in [9.17, 15) is 0 Å². The predicted molar refractivity (Wildman–Crippen MR) is 279 cm³/mol. The summed E-state index contributed by atoms with van der Waals surface area (Å²) in [6, 6.07) is 77.9. The minimum atomic E-state index is 0.925. The second kappa shape index (κ2) is 15.8. The Morgan fingerprint density at radius 2 is 0.712 bits per heavy atom. The second-order valence-electron chi connectivity index (χ2n) is 18.0. The molecule has 0 aliphatic rings. The Kier molecular flexibility index (Phi) is 9.39. The monoisotopic (exact) mass is 845 g/mol. The first-order valence-electron chi connectivity index (χ1n) is 22.8. The molecule has 0 atom stereocenters. The van der Waals surface area contributed by atoms with Gasteiger partial charge in [0.25, 0.3) is 0 Å². The zero-order chi connectivity index (χ0) is 44.5. The summed E-state index contributed by atoms with van der Waals surface area (Å²) in [7, 11) is 0. The first-order valence-corrected chi connectivity index (χ1v) is 22.8. The van der Waals surface area contributed by atoms with E-state index in [1.54, 1.807) is 0 Å². The molecule has 0 N–H and O–H groups in total. The molecular weight excluding hydrogens is 799 g/mol. The van der Waals surface area contributed by atoms with Gasteiger partial charge in [-0.1, -0.05) is 150 Å². The van der Waals surface area contributed by atoms with Crippen LogP contribution in [0.15, 0.2) is 212 Å². The normalized spacial score (nSPS) is 11.6. The molecule has 0 saturated heterocycles. The largest absolute Gasteiger partial charge is 0.309 e. The molecule has 0 amide bonds. The van der Waals surface area contributed by atoms with E-state index < -0.39 is 0 Å². The number of hydrogen-bond donors (Lipinski definition) is 0. The van der Waals surface area contributed by atoms with Crippen molar-refractivity contribution in [3.05, 3.63) is 235 Å². The average Bonchev–Trinajstić information content (AvgIpc) is 3.84. The van der Waals surface area contributed by atoms with Crippen molar-refractivity contribution in [2.45, 2.75) is 27.7 Å². The highest BCUT2D eigenvalue weighted by Gasteiger charge is 2.20. The van der Waals surface area contributed by atoms with Gasteiger partial charge in [0.05, 0.1) is 39.1 Å². The van der Waals surface area contributed by atoms with E-state index in [0.717, 1.165) is 56.1 Å². The van der Waals surface area contributed by atoms with E-state index in [4.69, 9.17) is 4.98 Å². The molecular formula is C63H47N3. The SMILES string of the molecule is Cc1ccc2c(c1)c1cc(C)ccc1n2-c1ccc(-n2c3ccc(C)cc3c3cc(C)ccc32)c(-c2cccc(-c3cc(-c4ccc(-c5ccccc5)cc4)cc(-c4ccccc4)n3)c2)c1. The van der Waals surface area contributed by atoms with Crippen molar-refractivity contribution in [1.82, 2.24) is 14.1 Å². The molecule has 66 heavy (non-hydrogen) atoms. The van der Waals surface area contributed by atoms with E-state index >= 15 is 0 Å². The zero-order valence-corrected chi connectivity index (χ0v) is 37.5. The third-order valence-corrected chi connectivity index (χ3v) is 13.3. The molecule has 3 heterocycles. The summed E-state index contributed by atoms with van der Waals surface area (Å²) in [5, 5.41) is 5.06. The van der Waals surface area contributed by atoms with Crippen molar-refractivity contribution in [2.75, 3.05) is 0 Å². The molecule has 12 aromatic rings. The number of hydrogen-bond acceptors (Lipinski definition) is 1. The molecule has 9 aromatic carbocycles. The first-order chi connectivity index (χ1) is 32.3. The van der Waals surface area contributed by atoms with Crippen molar-refractivity contribution in [3.8, 4) is 67.3 Å². The maximum atomic E-state index is 5.40. The molecule has 0 aliphatic heterocycles. The number of benzene rings is 9.